The summed E-state index contributed by atoms with van der Waals surface area (Å²) in [5.41, 5.74) is 0.943. The molecule has 0 bridgehead atoms. The molecule has 1 aromatic rings. The largest absolute Gasteiger partial charge is 0.465 e. The number of rotatable bonds is 4. The molecule has 0 aliphatic carbocycles. The summed E-state index contributed by atoms with van der Waals surface area (Å²) in [6, 6.07) is 4.30. The Labute approximate surface area is 118 Å². The van der Waals surface area contributed by atoms with Crippen molar-refractivity contribution < 1.29 is 17.9 Å². The molecule has 1 unspecified atom stereocenters. The van der Waals surface area contributed by atoms with Crippen LogP contribution in [0.3, 0.4) is 0 Å². The first-order valence-corrected chi connectivity index (χ1v) is 7.84. The Morgan fingerprint density at radius 3 is 2.75 bits per heavy atom. The van der Waals surface area contributed by atoms with Crippen LogP contribution in [-0.4, -0.2) is 40.6 Å². The third kappa shape index (κ3) is 3.17. The third-order valence-electron chi connectivity index (χ3n) is 3.30. The second-order valence-electron chi connectivity index (χ2n) is 4.78. The first-order valence-electron chi connectivity index (χ1n) is 6.36. The number of nitrogens with one attached hydrogen (secondary N) is 2. The van der Waals surface area contributed by atoms with Crippen molar-refractivity contribution in [2.24, 2.45) is 0 Å². The lowest BCUT2D eigenvalue weighted by atomic mass is 10.1. The molecule has 1 fully saturated rings. The van der Waals surface area contributed by atoms with Crippen molar-refractivity contribution in [2.45, 2.75) is 24.3 Å². The van der Waals surface area contributed by atoms with Gasteiger partial charge in [-0.25, -0.2) is 17.9 Å². The molecule has 1 heterocycles. The molecule has 1 aromatic carbocycles. The normalized spacial score (nSPS) is 19.0. The Morgan fingerprint density at radius 1 is 1.45 bits per heavy atom. The minimum Gasteiger partial charge on any atom is -0.465 e. The summed E-state index contributed by atoms with van der Waals surface area (Å²) in [6.45, 7) is 3.13. The van der Waals surface area contributed by atoms with Crippen molar-refractivity contribution in [1.29, 1.82) is 0 Å². The number of hydrogen-bond donors (Lipinski definition) is 2. The van der Waals surface area contributed by atoms with Gasteiger partial charge in [-0.15, -0.1) is 0 Å². The molecule has 1 aliphatic heterocycles. The molecule has 2 N–H and O–H groups in total. The van der Waals surface area contributed by atoms with Gasteiger partial charge < -0.3 is 10.1 Å². The fourth-order valence-corrected chi connectivity index (χ4v) is 3.54. The van der Waals surface area contributed by atoms with E-state index in [9.17, 15) is 13.2 Å². The Hall–Kier alpha value is -1.44. The minimum absolute atomic E-state index is 0.0828. The highest BCUT2D eigenvalue weighted by molar-refractivity contribution is 7.89. The van der Waals surface area contributed by atoms with Gasteiger partial charge in [-0.3, -0.25) is 0 Å². The van der Waals surface area contributed by atoms with Gasteiger partial charge in [0.15, 0.2) is 0 Å². The van der Waals surface area contributed by atoms with Crippen LogP contribution in [0.4, 0.5) is 0 Å². The minimum atomic E-state index is -3.56. The van der Waals surface area contributed by atoms with Crippen LogP contribution >= 0.6 is 0 Å². The zero-order chi connectivity index (χ0) is 14.8. The zero-order valence-corrected chi connectivity index (χ0v) is 12.3. The monoisotopic (exact) mass is 298 g/mol. The van der Waals surface area contributed by atoms with E-state index < -0.39 is 16.0 Å². The van der Waals surface area contributed by atoms with Crippen LogP contribution in [0.15, 0.2) is 23.1 Å². The van der Waals surface area contributed by atoms with Gasteiger partial charge in [0.2, 0.25) is 10.0 Å². The Kier molecular flexibility index (Phi) is 4.42. The standard InChI is InChI=1S/C13H18N2O4S/c1-9-7-11(3-4-12(9)13(16)19-2)20(17,18)15-10-5-6-14-8-10/h3-4,7,10,14-15H,5-6,8H2,1-2H3. The summed E-state index contributed by atoms with van der Waals surface area (Å²) < 4.78 is 31.8. The van der Waals surface area contributed by atoms with Gasteiger partial charge in [0.05, 0.1) is 17.6 Å². The maximum Gasteiger partial charge on any atom is 0.338 e. The van der Waals surface area contributed by atoms with E-state index in [2.05, 4.69) is 14.8 Å². The lowest BCUT2D eigenvalue weighted by molar-refractivity contribution is 0.0600. The number of hydrogen-bond acceptors (Lipinski definition) is 5. The zero-order valence-electron chi connectivity index (χ0n) is 11.5. The number of methoxy groups -OCH3 is 1. The molecule has 1 atom stereocenters. The Balaban J connectivity index is 2.23. The second kappa shape index (κ2) is 5.90. The molecular weight excluding hydrogens is 280 g/mol. The summed E-state index contributed by atoms with van der Waals surface area (Å²) in [5, 5.41) is 3.10. The third-order valence-corrected chi connectivity index (χ3v) is 4.81. The summed E-state index contributed by atoms with van der Waals surface area (Å²) >= 11 is 0. The number of sulfonamides is 1. The smallest absolute Gasteiger partial charge is 0.338 e. The molecule has 0 amide bonds. The van der Waals surface area contributed by atoms with Gasteiger partial charge in [-0.2, -0.15) is 0 Å². The topological polar surface area (TPSA) is 84.5 Å². The highest BCUT2D eigenvalue weighted by Gasteiger charge is 2.23. The molecule has 1 saturated heterocycles. The summed E-state index contributed by atoms with van der Waals surface area (Å²) in [7, 11) is -2.26. The fraction of sp³-hybridized carbons (Fsp3) is 0.462. The van der Waals surface area contributed by atoms with E-state index in [-0.39, 0.29) is 10.9 Å². The first kappa shape index (κ1) is 15.0. The lowest BCUT2D eigenvalue weighted by Gasteiger charge is -2.13. The van der Waals surface area contributed by atoms with Gasteiger partial charge in [-0.1, -0.05) is 0 Å². The second-order valence-corrected chi connectivity index (χ2v) is 6.49. The SMILES string of the molecule is COC(=O)c1ccc(S(=O)(=O)NC2CCNC2)cc1C. The van der Waals surface area contributed by atoms with E-state index in [1.165, 1.54) is 25.3 Å². The molecule has 0 spiro atoms. The summed E-state index contributed by atoms with van der Waals surface area (Å²) in [6.07, 6.45) is 0.776. The van der Waals surface area contributed by atoms with E-state index in [0.29, 0.717) is 17.7 Å². The maximum absolute atomic E-state index is 12.2. The molecule has 7 heteroatoms. The quantitative estimate of drug-likeness (QED) is 0.787. The molecule has 110 valence electrons. The number of esters is 1. The average molecular weight is 298 g/mol. The molecule has 6 nitrogen and oxygen atoms in total. The van der Waals surface area contributed by atoms with Crippen LogP contribution in [0.25, 0.3) is 0 Å². The van der Waals surface area contributed by atoms with E-state index in [1.807, 2.05) is 0 Å². The molecule has 1 aliphatic rings. The van der Waals surface area contributed by atoms with Crippen molar-refractivity contribution in [2.75, 3.05) is 20.2 Å². The molecule has 0 radical (unpaired) electrons. The highest BCUT2D eigenvalue weighted by Crippen LogP contribution is 2.17. The van der Waals surface area contributed by atoms with Crippen LogP contribution in [-0.2, 0) is 14.8 Å². The Bertz CT molecular complexity index is 607. The lowest BCUT2D eigenvalue weighted by Crippen LogP contribution is -2.36. The van der Waals surface area contributed by atoms with E-state index >= 15 is 0 Å². The summed E-state index contributed by atoms with van der Waals surface area (Å²) in [4.78, 5) is 11.6. The van der Waals surface area contributed by atoms with Gasteiger partial charge in [-0.05, 0) is 43.7 Å². The van der Waals surface area contributed by atoms with Crippen LogP contribution in [0.1, 0.15) is 22.3 Å². The Morgan fingerprint density at radius 2 is 2.20 bits per heavy atom. The van der Waals surface area contributed by atoms with Gasteiger partial charge in [0, 0.05) is 12.6 Å². The molecule has 2 rings (SSSR count). The van der Waals surface area contributed by atoms with Gasteiger partial charge in [0.1, 0.15) is 0 Å². The van der Waals surface area contributed by atoms with Crippen LogP contribution in [0.5, 0.6) is 0 Å². The fourth-order valence-electron chi connectivity index (χ4n) is 2.18. The maximum atomic E-state index is 12.2. The molecule has 20 heavy (non-hydrogen) atoms. The number of aryl methyl sites for hydroxylation is 1. The van der Waals surface area contributed by atoms with Crippen molar-refractivity contribution in [3.63, 3.8) is 0 Å². The number of carbonyl (C=O) groups excluding carboxylic acids is 1. The molecular formula is C13H18N2O4S. The van der Waals surface area contributed by atoms with Gasteiger partial charge >= 0.3 is 5.97 Å². The van der Waals surface area contributed by atoms with Crippen LogP contribution in [0.2, 0.25) is 0 Å². The van der Waals surface area contributed by atoms with Crippen molar-refractivity contribution >= 4 is 16.0 Å². The van der Waals surface area contributed by atoms with Crippen LogP contribution in [0, 0.1) is 6.92 Å². The number of carbonyl (C=O) groups is 1. The van der Waals surface area contributed by atoms with E-state index in [4.69, 9.17) is 0 Å². The van der Waals surface area contributed by atoms with E-state index in [1.54, 1.807) is 6.92 Å². The molecule has 0 aromatic heterocycles. The highest BCUT2D eigenvalue weighted by atomic mass is 32.2. The van der Waals surface area contributed by atoms with Crippen molar-refractivity contribution in [3.8, 4) is 0 Å². The predicted octanol–water partition coefficient (Wildman–Crippen LogP) is 0.422. The van der Waals surface area contributed by atoms with Crippen molar-refractivity contribution in [3.05, 3.63) is 29.3 Å². The summed E-state index contributed by atoms with van der Waals surface area (Å²) in [5.74, 6) is -0.473. The number of ether oxygens (including phenoxy) is 1. The predicted molar refractivity (Wildman–Crippen MR) is 74.1 cm³/mol. The number of benzene rings is 1. The van der Waals surface area contributed by atoms with Crippen LogP contribution < -0.4 is 10.0 Å². The van der Waals surface area contributed by atoms with Gasteiger partial charge in [0.25, 0.3) is 0 Å². The van der Waals surface area contributed by atoms with E-state index in [0.717, 1.165) is 13.0 Å². The van der Waals surface area contributed by atoms with Crippen molar-refractivity contribution in [1.82, 2.24) is 10.0 Å². The first-order chi connectivity index (χ1) is 9.44. The molecule has 0 saturated carbocycles. The average Bonchev–Trinajstić information content (AvgIpc) is 2.89.